The Bertz CT molecular complexity index is 1480. The number of carbonyl (C=O) groups excluding carboxylic acids is 1. The maximum Gasteiger partial charge on any atom is 0.271 e. The lowest BCUT2D eigenvalue weighted by Crippen LogP contribution is -2.30. The standard InChI is InChI=1S/C30H37N7O3/c1-5-24-26(23-8-7-9-25-27(23)32-18-36(25)3)35-28(29(31)38)30(34-24)33-19-10-12-21(13-11-19)40-15-14-20-16-22(39-4)17-37(20)6-2/h7-13,18,20,22H,5-6,14-17H2,1-4H3,(H2,31,38)(H,33,34)/t20-,22+/m0/s1. The summed E-state index contributed by atoms with van der Waals surface area (Å²) in [6.07, 6.45) is 4.67. The van der Waals surface area contributed by atoms with E-state index in [1.54, 1.807) is 13.4 Å². The highest BCUT2D eigenvalue weighted by Crippen LogP contribution is 2.31. The average Bonchev–Trinajstić information content (AvgIpc) is 3.56. The van der Waals surface area contributed by atoms with E-state index in [0.717, 1.165) is 59.7 Å². The van der Waals surface area contributed by atoms with Gasteiger partial charge in [-0.15, -0.1) is 0 Å². The van der Waals surface area contributed by atoms with E-state index >= 15 is 0 Å². The lowest BCUT2D eigenvalue weighted by molar-refractivity contribution is 0.0996. The van der Waals surface area contributed by atoms with Gasteiger partial charge >= 0.3 is 0 Å². The number of likely N-dealkylation sites (N-methyl/N-ethyl adjacent to an activating group) is 1. The molecule has 2 aromatic carbocycles. The molecular weight excluding hydrogens is 506 g/mol. The molecule has 0 bridgehead atoms. The molecule has 10 heteroatoms. The maximum absolute atomic E-state index is 12.5. The molecule has 4 aromatic rings. The van der Waals surface area contributed by atoms with Crippen LogP contribution in [0.25, 0.3) is 22.3 Å². The van der Waals surface area contributed by atoms with Crippen LogP contribution in [0, 0.1) is 0 Å². The van der Waals surface area contributed by atoms with Crippen LogP contribution in [0.4, 0.5) is 11.5 Å². The van der Waals surface area contributed by atoms with Crippen LogP contribution >= 0.6 is 0 Å². The second-order valence-electron chi connectivity index (χ2n) is 10.1. The van der Waals surface area contributed by atoms with E-state index in [2.05, 4.69) is 22.1 Å². The van der Waals surface area contributed by atoms with Gasteiger partial charge in [0.1, 0.15) is 5.75 Å². The van der Waals surface area contributed by atoms with Crippen LogP contribution in [0.15, 0.2) is 48.8 Å². The first-order valence-corrected chi connectivity index (χ1v) is 13.8. The van der Waals surface area contributed by atoms with Crippen LogP contribution in [-0.2, 0) is 18.2 Å². The number of aryl methyl sites for hydroxylation is 2. The number of imidazole rings is 1. The number of rotatable bonds is 11. The van der Waals surface area contributed by atoms with Crippen LogP contribution < -0.4 is 15.8 Å². The fourth-order valence-corrected chi connectivity index (χ4v) is 5.42. The number of ether oxygens (including phenoxy) is 2. The van der Waals surface area contributed by atoms with Crippen molar-refractivity contribution < 1.29 is 14.3 Å². The van der Waals surface area contributed by atoms with Gasteiger partial charge in [-0.05, 0) is 56.1 Å². The zero-order valence-electron chi connectivity index (χ0n) is 23.6. The number of anilines is 2. The third-order valence-corrected chi connectivity index (χ3v) is 7.61. The number of fused-ring (bicyclic) bond motifs is 1. The quantitative estimate of drug-likeness (QED) is 0.287. The number of hydrogen-bond donors (Lipinski definition) is 2. The lowest BCUT2D eigenvalue weighted by Gasteiger charge is -2.22. The number of amides is 1. The minimum absolute atomic E-state index is 0.0758. The lowest BCUT2D eigenvalue weighted by atomic mass is 10.1. The van der Waals surface area contributed by atoms with Crippen molar-refractivity contribution in [3.05, 3.63) is 60.2 Å². The Morgan fingerprint density at radius 1 is 1.15 bits per heavy atom. The summed E-state index contributed by atoms with van der Waals surface area (Å²) in [5.41, 5.74) is 10.5. The fourth-order valence-electron chi connectivity index (χ4n) is 5.42. The van der Waals surface area contributed by atoms with E-state index < -0.39 is 5.91 Å². The van der Waals surface area contributed by atoms with Gasteiger partial charge in [0.2, 0.25) is 0 Å². The Balaban J connectivity index is 1.31. The summed E-state index contributed by atoms with van der Waals surface area (Å²) in [5, 5.41) is 3.23. The summed E-state index contributed by atoms with van der Waals surface area (Å²) < 4.78 is 13.5. The molecule has 1 fully saturated rings. The molecule has 40 heavy (non-hydrogen) atoms. The molecule has 1 saturated heterocycles. The van der Waals surface area contributed by atoms with Crippen molar-refractivity contribution >= 4 is 28.4 Å². The predicted octanol–water partition coefficient (Wildman–Crippen LogP) is 4.31. The molecule has 1 aliphatic rings. The van der Waals surface area contributed by atoms with Crippen LogP contribution in [-0.4, -0.2) is 69.3 Å². The number of aromatic nitrogens is 4. The molecule has 3 N–H and O–H groups in total. The van der Waals surface area contributed by atoms with Crippen molar-refractivity contribution in [3.63, 3.8) is 0 Å². The van der Waals surface area contributed by atoms with E-state index in [1.807, 2.05) is 61.0 Å². The Hall–Kier alpha value is -4.02. The number of primary amides is 1. The number of para-hydroxylation sites is 1. The van der Waals surface area contributed by atoms with Gasteiger partial charge in [0.15, 0.2) is 11.5 Å². The third kappa shape index (κ3) is 5.64. The largest absolute Gasteiger partial charge is 0.494 e. The highest BCUT2D eigenvalue weighted by molar-refractivity contribution is 5.98. The minimum atomic E-state index is -0.657. The molecular formula is C30H37N7O3. The highest BCUT2D eigenvalue weighted by atomic mass is 16.5. The number of likely N-dealkylation sites (tertiary alicyclic amines) is 1. The molecule has 2 atom stereocenters. The number of carbonyl (C=O) groups is 1. The smallest absolute Gasteiger partial charge is 0.271 e. The van der Waals surface area contributed by atoms with Gasteiger partial charge in [-0.3, -0.25) is 9.69 Å². The first-order chi connectivity index (χ1) is 19.4. The van der Waals surface area contributed by atoms with Gasteiger partial charge in [-0.1, -0.05) is 26.0 Å². The Morgan fingerprint density at radius 2 is 1.95 bits per heavy atom. The first kappa shape index (κ1) is 27.5. The summed E-state index contributed by atoms with van der Waals surface area (Å²) in [7, 11) is 3.72. The maximum atomic E-state index is 12.5. The first-order valence-electron chi connectivity index (χ1n) is 13.8. The summed E-state index contributed by atoms with van der Waals surface area (Å²) in [5.74, 6) is 0.448. The van der Waals surface area contributed by atoms with E-state index in [-0.39, 0.29) is 5.69 Å². The molecule has 2 aromatic heterocycles. The second kappa shape index (κ2) is 12.0. The van der Waals surface area contributed by atoms with Crippen LogP contribution in [0.3, 0.4) is 0 Å². The van der Waals surface area contributed by atoms with Crippen molar-refractivity contribution in [1.29, 1.82) is 0 Å². The van der Waals surface area contributed by atoms with Gasteiger partial charge in [-0.2, -0.15) is 0 Å². The number of methoxy groups -OCH3 is 1. The number of nitrogens with zero attached hydrogens (tertiary/aromatic N) is 5. The minimum Gasteiger partial charge on any atom is -0.494 e. The van der Waals surface area contributed by atoms with E-state index in [4.69, 9.17) is 25.2 Å². The predicted molar refractivity (Wildman–Crippen MR) is 156 cm³/mol. The van der Waals surface area contributed by atoms with E-state index in [9.17, 15) is 4.79 Å². The summed E-state index contributed by atoms with van der Waals surface area (Å²) in [4.78, 5) is 28.9. The molecule has 3 heterocycles. The molecule has 1 aliphatic heterocycles. The molecule has 1 amide bonds. The van der Waals surface area contributed by atoms with Crippen molar-refractivity contribution in [2.45, 2.75) is 45.3 Å². The van der Waals surface area contributed by atoms with Gasteiger partial charge in [0.05, 0.1) is 41.5 Å². The Kier molecular flexibility index (Phi) is 8.27. The number of nitrogens with one attached hydrogen (secondary N) is 1. The summed E-state index contributed by atoms with van der Waals surface area (Å²) in [6, 6.07) is 14.0. The average molecular weight is 544 g/mol. The van der Waals surface area contributed by atoms with Gasteiger partial charge in [-0.25, -0.2) is 15.0 Å². The van der Waals surface area contributed by atoms with Gasteiger partial charge < -0.3 is 25.1 Å². The molecule has 10 nitrogen and oxygen atoms in total. The van der Waals surface area contributed by atoms with E-state index in [1.165, 1.54) is 0 Å². The van der Waals surface area contributed by atoms with Crippen molar-refractivity contribution in [3.8, 4) is 17.0 Å². The van der Waals surface area contributed by atoms with Crippen molar-refractivity contribution in [2.75, 3.05) is 32.1 Å². The zero-order chi connectivity index (χ0) is 28.2. The van der Waals surface area contributed by atoms with Crippen LogP contribution in [0.2, 0.25) is 0 Å². The molecule has 0 aliphatic carbocycles. The van der Waals surface area contributed by atoms with E-state index in [0.29, 0.717) is 36.7 Å². The Labute approximate surface area is 234 Å². The molecule has 0 saturated carbocycles. The topological polar surface area (TPSA) is 120 Å². The Morgan fingerprint density at radius 3 is 2.65 bits per heavy atom. The number of nitrogens with two attached hydrogens (primary N) is 1. The van der Waals surface area contributed by atoms with Crippen LogP contribution in [0.5, 0.6) is 5.75 Å². The second-order valence-corrected chi connectivity index (χ2v) is 10.1. The zero-order valence-corrected chi connectivity index (χ0v) is 23.6. The molecule has 210 valence electrons. The molecule has 0 spiro atoms. The number of benzene rings is 2. The fraction of sp³-hybridized carbons (Fsp3) is 0.400. The molecule has 0 radical (unpaired) electrons. The third-order valence-electron chi connectivity index (χ3n) is 7.61. The monoisotopic (exact) mass is 543 g/mol. The summed E-state index contributed by atoms with van der Waals surface area (Å²) >= 11 is 0. The normalized spacial score (nSPS) is 17.4. The van der Waals surface area contributed by atoms with Crippen molar-refractivity contribution in [1.82, 2.24) is 24.4 Å². The highest BCUT2D eigenvalue weighted by Gasteiger charge is 2.30. The molecule has 0 unspecified atom stereocenters. The molecule has 5 rings (SSSR count). The van der Waals surface area contributed by atoms with Gasteiger partial charge in [0, 0.05) is 38.0 Å². The van der Waals surface area contributed by atoms with Crippen molar-refractivity contribution in [2.24, 2.45) is 12.8 Å². The number of hydrogen-bond acceptors (Lipinski definition) is 8. The SMILES string of the molecule is CCc1nc(Nc2ccc(OCC[C@H]3C[C@@H](OC)CN3CC)cc2)c(C(N)=O)nc1-c1cccc2c1ncn2C. The van der Waals surface area contributed by atoms with Gasteiger partial charge in [0.25, 0.3) is 5.91 Å². The summed E-state index contributed by atoms with van der Waals surface area (Å²) in [6.45, 7) is 6.82. The van der Waals surface area contributed by atoms with Crippen LogP contribution in [0.1, 0.15) is 42.9 Å².